The predicted octanol–water partition coefficient (Wildman–Crippen LogP) is 1.58. The maximum absolute atomic E-state index is 12.7. The normalized spacial score (nSPS) is 17.0. The summed E-state index contributed by atoms with van der Waals surface area (Å²) < 4.78 is 4.66. The molecule has 0 saturated carbocycles. The average molecular weight is 336 g/mol. The van der Waals surface area contributed by atoms with Gasteiger partial charge in [0, 0.05) is 10.9 Å². The Labute approximate surface area is 139 Å². The van der Waals surface area contributed by atoms with E-state index >= 15 is 0 Å². The van der Waals surface area contributed by atoms with Crippen molar-refractivity contribution in [2.75, 3.05) is 18.6 Å². The van der Waals surface area contributed by atoms with Crippen LogP contribution >= 0.6 is 11.8 Å². The first-order chi connectivity index (χ1) is 10.9. The number of fused-ring (bicyclic) bond motifs is 1. The van der Waals surface area contributed by atoms with E-state index in [1.807, 2.05) is 32.0 Å². The number of esters is 1. The fourth-order valence-electron chi connectivity index (χ4n) is 2.31. The maximum Gasteiger partial charge on any atom is 0.307 e. The topological polar surface area (TPSA) is 75.7 Å². The van der Waals surface area contributed by atoms with Crippen LogP contribution in [-0.2, 0) is 19.1 Å². The number of para-hydroxylation sites is 1. The molecule has 0 saturated heterocycles. The lowest BCUT2D eigenvalue weighted by Gasteiger charge is -2.33. The number of carbonyl (C=O) groups is 3. The third-order valence-corrected chi connectivity index (χ3v) is 4.55. The lowest BCUT2D eigenvalue weighted by atomic mass is 10.2. The van der Waals surface area contributed by atoms with Gasteiger partial charge in [-0.3, -0.25) is 14.4 Å². The number of hydrogen-bond acceptors (Lipinski definition) is 5. The lowest BCUT2D eigenvalue weighted by molar-refractivity contribution is -0.141. The Bertz CT molecular complexity index is 618. The molecule has 0 bridgehead atoms. The lowest BCUT2D eigenvalue weighted by Crippen LogP contribution is -2.48. The third kappa shape index (κ3) is 4.25. The van der Waals surface area contributed by atoms with Crippen LogP contribution in [0.1, 0.15) is 20.3 Å². The Morgan fingerprint density at radius 1 is 1.35 bits per heavy atom. The maximum atomic E-state index is 12.7. The minimum absolute atomic E-state index is 0.00197. The van der Waals surface area contributed by atoms with E-state index in [-0.39, 0.29) is 30.8 Å². The number of amides is 2. The molecule has 1 aliphatic rings. The molecule has 1 aliphatic heterocycles. The van der Waals surface area contributed by atoms with Crippen LogP contribution in [0.5, 0.6) is 0 Å². The van der Waals surface area contributed by atoms with E-state index in [1.54, 1.807) is 6.07 Å². The van der Waals surface area contributed by atoms with Gasteiger partial charge in [-0.05, 0) is 26.0 Å². The molecule has 23 heavy (non-hydrogen) atoms. The van der Waals surface area contributed by atoms with Crippen LogP contribution in [0.4, 0.5) is 5.69 Å². The van der Waals surface area contributed by atoms with Crippen molar-refractivity contribution in [3.05, 3.63) is 24.3 Å². The average Bonchev–Trinajstić information content (AvgIpc) is 2.50. The quantitative estimate of drug-likeness (QED) is 0.826. The van der Waals surface area contributed by atoms with Gasteiger partial charge in [0.1, 0.15) is 6.54 Å². The van der Waals surface area contributed by atoms with Crippen molar-refractivity contribution in [2.24, 2.45) is 0 Å². The Morgan fingerprint density at radius 3 is 2.70 bits per heavy atom. The molecular formula is C16H20N2O4S. The van der Waals surface area contributed by atoms with Crippen LogP contribution in [-0.4, -0.2) is 42.7 Å². The number of hydrogen-bond donors (Lipinski definition) is 1. The predicted molar refractivity (Wildman–Crippen MR) is 88.4 cm³/mol. The molecule has 0 aliphatic carbocycles. The van der Waals surface area contributed by atoms with Crippen molar-refractivity contribution in [3.63, 3.8) is 0 Å². The first-order valence-electron chi connectivity index (χ1n) is 7.35. The van der Waals surface area contributed by atoms with Gasteiger partial charge >= 0.3 is 5.97 Å². The number of rotatable bonds is 5. The molecular weight excluding hydrogens is 316 g/mol. The number of thioether (sulfide) groups is 1. The van der Waals surface area contributed by atoms with E-state index in [1.165, 1.54) is 23.8 Å². The summed E-state index contributed by atoms with van der Waals surface area (Å²) in [6.45, 7) is 3.66. The molecule has 1 aromatic rings. The Kier molecular flexibility index (Phi) is 5.65. The number of benzene rings is 1. The van der Waals surface area contributed by atoms with E-state index in [4.69, 9.17) is 0 Å². The van der Waals surface area contributed by atoms with Crippen LogP contribution in [0.2, 0.25) is 0 Å². The summed E-state index contributed by atoms with van der Waals surface area (Å²) in [7, 11) is 1.29. The highest BCUT2D eigenvalue weighted by atomic mass is 32.2. The van der Waals surface area contributed by atoms with Crippen LogP contribution < -0.4 is 10.2 Å². The highest BCUT2D eigenvalue weighted by Gasteiger charge is 2.35. The van der Waals surface area contributed by atoms with Crippen molar-refractivity contribution in [2.45, 2.75) is 36.5 Å². The summed E-state index contributed by atoms with van der Waals surface area (Å²) in [4.78, 5) is 38.6. The molecule has 1 unspecified atom stereocenters. The molecule has 2 amide bonds. The van der Waals surface area contributed by atoms with Gasteiger partial charge in [0.25, 0.3) is 0 Å². The van der Waals surface area contributed by atoms with E-state index in [0.717, 1.165) is 4.90 Å². The van der Waals surface area contributed by atoms with Gasteiger partial charge in [-0.1, -0.05) is 12.1 Å². The second-order valence-corrected chi connectivity index (χ2v) is 6.75. The summed E-state index contributed by atoms with van der Waals surface area (Å²) in [6, 6.07) is 7.36. The summed E-state index contributed by atoms with van der Waals surface area (Å²) in [6.07, 6.45) is -0.0172. The van der Waals surface area contributed by atoms with Gasteiger partial charge in [-0.15, -0.1) is 11.8 Å². The molecule has 1 atom stereocenters. The molecule has 0 spiro atoms. The molecule has 6 nitrogen and oxygen atoms in total. The van der Waals surface area contributed by atoms with Gasteiger partial charge in [0.05, 0.1) is 24.5 Å². The molecule has 7 heteroatoms. The molecule has 0 radical (unpaired) electrons. The molecule has 2 rings (SSSR count). The van der Waals surface area contributed by atoms with E-state index in [2.05, 4.69) is 10.1 Å². The van der Waals surface area contributed by atoms with Crippen molar-refractivity contribution in [1.29, 1.82) is 0 Å². The summed E-state index contributed by atoms with van der Waals surface area (Å²) in [5.74, 6) is -0.924. The van der Waals surface area contributed by atoms with Crippen molar-refractivity contribution >= 4 is 35.2 Å². The second-order valence-electron chi connectivity index (χ2n) is 5.50. The third-order valence-electron chi connectivity index (χ3n) is 3.30. The number of methoxy groups -OCH3 is 1. The number of anilines is 1. The van der Waals surface area contributed by atoms with Gasteiger partial charge in [-0.25, -0.2) is 0 Å². The molecule has 1 aromatic carbocycles. The highest BCUT2D eigenvalue weighted by Crippen LogP contribution is 2.40. The molecule has 0 fully saturated rings. The number of nitrogens with one attached hydrogen (secondary N) is 1. The zero-order valence-electron chi connectivity index (χ0n) is 13.4. The molecule has 1 heterocycles. The van der Waals surface area contributed by atoms with Gasteiger partial charge in [0.15, 0.2) is 0 Å². The van der Waals surface area contributed by atoms with Crippen LogP contribution in [0.25, 0.3) is 0 Å². The van der Waals surface area contributed by atoms with E-state index < -0.39 is 11.2 Å². The fourth-order valence-corrected chi connectivity index (χ4v) is 3.52. The Hall–Kier alpha value is -2.02. The summed E-state index contributed by atoms with van der Waals surface area (Å²) in [5, 5.41) is 2.20. The van der Waals surface area contributed by atoms with Crippen LogP contribution in [0.15, 0.2) is 29.2 Å². The standard InChI is InChI=1S/C16H20N2O4S/c1-10(2)17-14(19)9-18-11-6-4-5-7-12(11)23-13(16(18)21)8-15(20)22-3/h4-7,10,13H,8-9H2,1-3H3,(H,17,19). The second kappa shape index (κ2) is 7.50. The molecule has 1 N–H and O–H groups in total. The smallest absolute Gasteiger partial charge is 0.307 e. The summed E-state index contributed by atoms with van der Waals surface area (Å²) in [5.41, 5.74) is 0.697. The SMILES string of the molecule is COC(=O)CC1Sc2ccccc2N(CC(=O)NC(C)C)C1=O. The first-order valence-corrected chi connectivity index (χ1v) is 8.23. The Balaban J connectivity index is 2.25. The number of carbonyl (C=O) groups excluding carboxylic acids is 3. The Morgan fingerprint density at radius 2 is 2.04 bits per heavy atom. The van der Waals surface area contributed by atoms with Crippen molar-refractivity contribution in [3.8, 4) is 0 Å². The van der Waals surface area contributed by atoms with Gasteiger partial charge < -0.3 is 15.0 Å². The van der Waals surface area contributed by atoms with Gasteiger partial charge in [0.2, 0.25) is 11.8 Å². The van der Waals surface area contributed by atoms with E-state index in [9.17, 15) is 14.4 Å². The summed E-state index contributed by atoms with van der Waals surface area (Å²) >= 11 is 1.33. The van der Waals surface area contributed by atoms with Crippen LogP contribution in [0, 0.1) is 0 Å². The highest BCUT2D eigenvalue weighted by molar-refractivity contribution is 8.01. The molecule has 124 valence electrons. The number of ether oxygens (including phenoxy) is 1. The van der Waals surface area contributed by atoms with Gasteiger partial charge in [-0.2, -0.15) is 0 Å². The van der Waals surface area contributed by atoms with Crippen molar-refractivity contribution < 1.29 is 19.1 Å². The fraction of sp³-hybridized carbons (Fsp3) is 0.438. The minimum Gasteiger partial charge on any atom is -0.469 e. The largest absolute Gasteiger partial charge is 0.469 e. The van der Waals surface area contributed by atoms with Crippen molar-refractivity contribution in [1.82, 2.24) is 5.32 Å². The first kappa shape index (κ1) is 17.3. The minimum atomic E-state index is -0.579. The van der Waals surface area contributed by atoms with Crippen LogP contribution in [0.3, 0.4) is 0 Å². The number of nitrogens with zero attached hydrogens (tertiary/aromatic N) is 1. The zero-order valence-corrected chi connectivity index (χ0v) is 14.2. The van der Waals surface area contributed by atoms with E-state index in [0.29, 0.717) is 5.69 Å². The zero-order chi connectivity index (χ0) is 17.0. The monoisotopic (exact) mass is 336 g/mol. The molecule has 0 aromatic heterocycles.